The van der Waals surface area contributed by atoms with E-state index in [-0.39, 0.29) is 6.10 Å². The van der Waals surface area contributed by atoms with Gasteiger partial charge in [0.2, 0.25) is 0 Å². The van der Waals surface area contributed by atoms with Gasteiger partial charge in [-0.15, -0.1) is 0 Å². The number of benzene rings is 1. The van der Waals surface area contributed by atoms with Gasteiger partial charge in [-0.05, 0) is 13.8 Å². The summed E-state index contributed by atoms with van der Waals surface area (Å²) in [6, 6.07) is 10.6. The maximum atomic E-state index is 9.38. The van der Waals surface area contributed by atoms with Gasteiger partial charge in [-0.25, -0.2) is 0 Å². The van der Waals surface area contributed by atoms with Crippen LogP contribution in [0.3, 0.4) is 0 Å². The maximum absolute atomic E-state index is 9.38. The van der Waals surface area contributed by atoms with Crippen LogP contribution in [0.4, 0.5) is 0 Å². The average Bonchev–Trinajstić information content (AvgIpc) is 2.18. The van der Waals surface area contributed by atoms with Gasteiger partial charge in [-0.3, -0.25) is 0 Å². The van der Waals surface area contributed by atoms with Crippen LogP contribution in [0, 0.1) is 0 Å². The van der Waals surface area contributed by atoms with Crippen molar-refractivity contribution in [2.75, 3.05) is 0 Å². The van der Waals surface area contributed by atoms with E-state index in [1.165, 1.54) is 10.4 Å². The topological polar surface area (TPSA) is 20.2 Å². The summed E-state index contributed by atoms with van der Waals surface area (Å²) in [6.45, 7) is 8.57. The summed E-state index contributed by atoms with van der Waals surface area (Å²) >= 11 is 0. The van der Waals surface area contributed by atoms with Crippen molar-refractivity contribution in [1.82, 2.24) is 0 Å². The van der Waals surface area contributed by atoms with Crippen molar-refractivity contribution >= 4 is 13.3 Å². The lowest BCUT2D eigenvalue weighted by atomic mass is 10.4. The minimum atomic E-state index is -1.54. The molecule has 0 amide bonds. The van der Waals surface area contributed by atoms with Crippen molar-refractivity contribution < 1.29 is 5.11 Å². The lowest BCUT2D eigenvalue weighted by Gasteiger charge is -2.24. The first-order valence-electron chi connectivity index (χ1n) is 5.37. The van der Waals surface area contributed by atoms with Crippen molar-refractivity contribution in [2.24, 2.45) is 0 Å². The Morgan fingerprint density at radius 2 is 1.80 bits per heavy atom. The highest BCUT2D eigenvalue weighted by molar-refractivity contribution is 6.95. The molecule has 0 fully saturated rings. The molecule has 0 aliphatic heterocycles. The summed E-state index contributed by atoms with van der Waals surface area (Å²) in [4.78, 5) is 0. The van der Waals surface area contributed by atoms with E-state index >= 15 is 0 Å². The molecule has 1 N–H and O–H groups in total. The molecule has 1 atom stereocenters. The molecule has 0 spiro atoms. The van der Waals surface area contributed by atoms with E-state index in [1.807, 2.05) is 12.1 Å². The lowest BCUT2D eigenvalue weighted by molar-refractivity contribution is 0.243. The van der Waals surface area contributed by atoms with Crippen LogP contribution in [-0.4, -0.2) is 19.3 Å². The van der Waals surface area contributed by atoms with Gasteiger partial charge in [0.1, 0.15) is 8.07 Å². The Morgan fingerprint density at radius 3 is 2.27 bits per heavy atom. The van der Waals surface area contributed by atoms with Crippen molar-refractivity contribution in [1.29, 1.82) is 0 Å². The highest BCUT2D eigenvalue weighted by atomic mass is 28.3. The first kappa shape index (κ1) is 12.2. The van der Waals surface area contributed by atoms with Crippen LogP contribution in [0.2, 0.25) is 13.1 Å². The molecule has 82 valence electrons. The van der Waals surface area contributed by atoms with Crippen LogP contribution < -0.4 is 5.19 Å². The zero-order valence-corrected chi connectivity index (χ0v) is 11.0. The van der Waals surface area contributed by atoms with Gasteiger partial charge in [0, 0.05) is 0 Å². The lowest BCUT2D eigenvalue weighted by Crippen LogP contribution is -2.43. The molecule has 0 radical (unpaired) electrons. The van der Waals surface area contributed by atoms with Crippen LogP contribution in [0.15, 0.2) is 41.6 Å². The van der Waals surface area contributed by atoms with E-state index in [4.69, 9.17) is 0 Å². The number of hydrogen-bond acceptors (Lipinski definition) is 1. The maximum Gasteiger partial charge on any atom is 0.106 e. The number of rotatable bonds is 3. The molecule has 0 bridgehead atoms. The highest BCUT2D eigenvalue weighted by Crippen LogP contribution is 2.15. The molecule has 2 heteroatoms. The van der Waals surface area contributed by atoms with Gasteiger partial charge in [0.05, 0.1) is 6.10 Å². The zero-order valence-electron chi connectivity index (χ0n) is 9.99. The Hall–Kier alpha value is -0.863. The second kappa shape index (κ2) is 4.77. The number of aliphatic hydroxyl groups is 1. The van der Waals surface area contributed by atoms with E-state index in [2.05, 4.69) is 44.3 Å². The number of hydrogen-bond donors (Lipinski definition) is 1. The third-order valence-corrected chi connectivity index (χ3v) is 6.89. The molecule has 0 aromatic heterocycles. The largest absolute Gasteiger partial charge is 0.389 e. The second-order valence-corrected chi connectivity index (χ2v) is 9.20. The predicted molar refractivity (Wildman–Crippen MR) is 69.0 cm³/mol. The average molecular weight is 220 g/mol. The third kappa shape index (κ3) is 3.04. The van der Waals surface area contributed by atoms with Gasteiger partial charge in [-0.1, -0.05) is 59.9 Å². The van der Waals surface area contributed by atoms with Crippen molar-refractivity contribution in [3.8, 4) is 0 Å². The SMILES string of the molecule is C/C(=C/[C@@H](C)O)[Si](C)(C)c1ccccc1. The summed E-state index contributed by atoms with van der Waals surface area (Å²) in [5.41, 5.74) is 0. The fourth-order valence-electron chi connectivity index (χ4n) is 1.65. The van der Waals surface area contributed by atoms with Gasteiger partial charge < -0.3 is 5.11 Å². The monoisotopic (exact) mass is 220 g/mol. The van der Waals surface area contributed by atoms with Crippen LogP contribution in [0.25, 0.3) is 0 Å². The fraction of sp³-hybridized carbons (Fsp3) is 0.385. The smallest absolute Gasteiger partial charge is 0.106 e. The molecule has 1 aromatic carbocycles. The summed E-state index contributed by atoms with van der Waals surface area (Å²) in [5, 5.41) is 12.1. The molecular weight excluding hydrogens is 200 g/mol. The number of aliphatic hydroxyl groups excluding tert-OH is 1. The van der Waals surface area contributed by atoms with Gasteiger partial charge in [0.15, 0.2) is 0 Å². The Labute approximate surface area is 93.5 Å². The Kier molecular flexibility index (Phi) is 3.88. The van der Waals surface area contributed by atoms with Crippen molar-refractivity contribution in [2.45, 2.75) is 33.0 Å². The van der Waals surface area contributed by atoms with E-state index in [9.17, 15) is 5.11 Å². The van der Waals surface area contributed by atoms with Crippen molar-refractivity contribution in [3.05, 3.63) is 41.6 Å². The molecule has 1 rings (SSSR count). The summed E-state index contributed by atoms with van der Waals surface area (Å²) in [6.07, 6.45) is 1.62. The molecule has 0 unspecified atom stereocenters. The molecule has 0 heterocycles. The quantitative estimate of drug-likeness (QED) is 0.776. The van der Waals surface area contributed by atoms with E-state index in [0.717, 1.165) is 0 Å². The Morgan fingerprint density at radius 1 is 1.27 bits per heavy atom. The first-order valence-corrected chi connectivity index (χ1v) is 8.37. The van der Waals surface area contributed by atoms with Gasteiger partial charge in [0.25, 0.3) is 0 Å². The molecule has 0 saturated carbocycles. The molecule has 0 aliphatic rings. The van der Waals surface area contributed by atoms with E-state index in [1.54, 1.807) is 6.92 Å². The van der Waals surface area contributed by atoms with Crippen LogP contribution in [0.5, 0.6) is 0 Å². The first-order chi connectivity index (χ1) is 6.94. The summed E-state index contributed by atoms with van der Waals surface area (Å²) in [7, 11) is -1.54. The third-order valence-electron chi connectivity index (χ3n) is 2.97. The summed E-state index contributed by atoms with van der Waals surface area (Å²) in [5.74, 6) is 0. The molecular formula is C13H20OSi. The zero-order chi connectivity index (χ0) is 11.5. The van der Waals surface area contributed by atoms with Gasteiger partial charge >= 0.3 is 0 Å². The van der Waals surface area contributed by atoms with Crippen LogP contribution >= 0.6 is 0 Å². The molecule has 1 nitrogen and oxygen atoms in total. The minimum Gasteiger partial charge on any atom is -0.389 e. The van der Waals surface area contributed by atoms with Crippen LogP contribution in [-0.2, 0) is 0 Å². The Bertz CT molecular complexity index is 339. The van der Waals surface area contributed by atoms with Crippen LogP contribution in [0.1, 0.15) is 13.8 Å². The molecule has 1 aromatic rings. The minimum absolute atomic E-state index is 0.347. The summed E-state index contributed by atoms with van der Waals surface area (Å²) < 4.78 is 0. The van der Waals surface area contributed by atoms with E-state index in [0.29, 0.717) is 0 Å². The standard InChI is InChI=1S/C13H20OSi/c1-11(14)10-12(2)15(3,4)13-8-6-5-7-9-13/h5-11,14H,1-4H3/b12-10-/t11-/m1/s1. The second-order valence-electron chi connectivity index (χ2n) is 4.58. The number of allylic oxidation sites excluding steroid dienone is 1. The highest BCUT2D eigenvalue weighted by Gasteiger charge is 2.25. The normalized spacial score (nSPS) is 15.1. The molecule has 0 aliphatic carbocycles. The molecule has 0 saturated heterocycles. The molecule has 15 heavy (non-hydrogen) atoms. The van der Waals surface area contributed by atoms with Gasteiger partial charge in [-0.2, -0.15) is 0 Å². The Balaban J connectivity index is 3.03. The predicted octanol–water partition coefficient (Wildman–Crippen LogP) is 2.47. The fourth-order valence-corrected chi connectivity index (χ4v) is 3.79. The van der Waals surface area contributed by atoms with E-state index < -0.39 is 8.07 Å². The van der Waals surface area contributed by atoms with Crippen molar-refractivity contribution in [3.63, 3.8) is 0 Å².